The lowest BCUT2D eigenvalue weighted by Crippen LogP contribution is -2.38. The summed E-state index contributed by atoms with van der Waals surface area (Å²) in [5.41, 5.74) is 1.03. The Morgan fingerprint density at radius 1 is 1.25 bits per heavy atom. The molecule has 1 aromatic rings. The summed E-state index contributed by atoms with van der Waals surface area (Å²) in [6.07, 6.45) is 6.19. The fourth-order valence-electron chi connectivity index (χ4n) is 3.65. The number of nitro groups is 1. The molecule has 2 aliphatic rings. The van der Waals surface area contributed by atoms with E-state index in [1.165, 1.54) is 31.7 Å². The maximum atomic E-state index is 10.8. The van der Waals surface area contributed by atoms with Gasteiger partial charge in [0.1, 0.15) is 0 Å². The number of rotatable bonds is 4. The average Bonchev–Trinajstić information content (AvgIpc) is 3.09. The summed E-state index contributed by atoms with van der Waals surface area (Å²) in [6, 6.07) is 7.90. The Labute approximate surface area is 118 Å². The van der Waals surface area contributed by atoms with Crippen LogP contribution in [0.25, 0.3) is 0 Å². The predicted molar refractivity (Wildman–Crippen MR) is 78.9 cm³/mol. The number of benzene rings is 1. The van der Waals surface area contributed by atoms with E-state index in [-0.39, 0.29) is 10.6 Å². The standard InChI is InChI=1S/C15H21N3O2/c19-18(20)12-5-1-4-11(10-12)17-15-7-2-6-13(15)14-8-3-9-16-14/h1,4-5,10,13-17H,2-3,6-9H2. The summed E-state index contributed by atoms with van der Waals surface area (Å²) in [5, 5.41) is 17.9. The van der Waals surface area contributed by atoms with E-state index in [1.807, 2.05) is 6.07 Å². The fraction of sp³-hybridized carbons (Fsp3) is 0.600. The van der Waals surface area contributed by atoms with Gasteiger partial charge in [0, 0.05) is 29.9 Å². The van der Waals surface area contributed by atoms with E-state index in [4.69, 9.17) is 0 Å². The topological polar surface area (TPSA) is 67.2 Å². The zero-order valence-corrected chi connectivity index (χ0v) is 11.5. The van der Waals surface area contributed by atoms with Crippen molar-refractivity contribution in [1.29, 1.82) is 0 Å². The van der Waals surface area contributed by atoms with E-state index in [0.29, 0.717) is 18.0 Å². The van der Waals surface area contributed by atoms with Crippen LogP contribution in [0.15, 0.2) is 24.3 Å². The number of hydrogen-bond acceptors (Lipinski definition) is 4. The second-order valence-corrected chi connectivity index (χ2v) is 5.86. The van der Waals surface area contributed by atoms with Crippen LogP contribution in [0.5, 0.6) is 0 Å². The van der Waals surface area contributed by atoms with Gasteiger partial charge in [-0.15, -0.1) is 0 Å². The van der Waals surface area contributed by atoms with Crippen LogP contribution < -0.4 is 10.6 Å². The number of nitrogens with one attached hydrogen (secondary N) is 2. The van der Waals surface area contributed by atoms with Gasteiger partial charge < -0.3 is 10.6 Å². The smallest absolute Gasteiger partial charge is 0.271 e. The molecule has 20 heavy (non-hydrogen) atoms. The molecule has 1 saturated carbocycles. The predicted octanol–water partition coefficient (Wildman–Crippen LogP) is 2.93. The Hall–Kier alpha value is -1.62. The second-order valence-electron chi connectivity index (χ2n) is 5.86. The highest BCUT2D eigenvalue weighted by Crippen LogP contribution is 2.34. The van der Waals surface area contributed by atoms with Gasteiger partial charge in [0.2, 0.25) is 0 Å². The molecule has 5 heteroatoms. The summed E-state index contributed by atoms with van der Waals surface area (Å²) in [5.74, 6) is 0.650. The summed E-state index contributed by atoms with van der Waals surface area (Å²) in [6.45, 7) is 1.13. The first-order valence-corrected chi connectivity index (χ1v) is 7.48. The molecule has 2 fully saturated rings. The number of non-ortho nitro benzene ring substituents is 1. The molecule has 3 unspecified atom stereocenters. The van der Waals surface area contributed by atoms with Gasteiger partial charge in [-0.3, -0.25) is 10.1 Å². The highest BCUT2D eigenvalue weighted by molar-refractivity contribution is 5.51. The van der Waals surface area contributed by atoms with Crippen molar-refractivity contribution in [2.75, 3.05) is 11.9 Å². The molecular weight excluding hydrogens is 254 g/mol. The van der Waals surface area contributed by atoms with Crippen molar-refractivity contribution in [2.24, 2.45) is 5.92 Å². The number of nitro benzene ring substituents is 1. The minimum atomic E-state index is -0.337. The van der Waals surface area contributed by atoms with Crippen LogP contribution in [-0.2, 0) is 0 Å². The van der Waals surface area contributed by atoms with Crippen molar-refractivity contribution in [2.45, 2.75) is 44.2 Å². The number of hydrogen-bond donors (Lipinski definition) is 2. The second kappa shape index (κ2) is 5.79. The first kappa shape index (κ1) is 13.4. The summed E-state index contributed by atoms with van der Waals surface area (Å²) < 4.78 is 0. The molecule has 0 radical (unpaired) electrons. The molecule has 1 saturated heterocycles. The lowest BCUT2D eigenvalue weighted by molar-refractivity contribution is -0.384. The van der Waals surface area contributed by atoms with Gasteiger partial charge in [-0.25, -0.2) is 0 Å². The normalized spacial score (nSPS) is 29.5. The Morgan fingerprint density at radius 3 is 2.90 bits per heavy atom. The minimum Gasteiger partial charge on any atom is -0.382 e. The molecule has 0 aromatic heterocycles. The van der Waals surface area contributed by atoms with Crippen LogP contribution in [0.2, 0.25) is 0 Å². The number of anilines is 1. The molecule has 0 bridgehead atoms. The third-order valence-electron chi connectivity index (χ3n) is 4.59. The Balaban J connectivity index is 1.69. The van der Waals surface area contributed by atoms with Crippen molar-refractivity contribution in [3.05, 3.63) is 34.4 Å². The molecule has 1 aliphatic carbocycles. The van der Waals surface area contributed by atoms with Gasteiger partial charge in [-0.2, -0.15) is 0 Å². The van der Waals surface area contributed by atoms with Crippen molar-refractivity contribution in [3.63, 3.8) is 0 Å². The van der Waals surface area contributed by atoms with Gasteiger partial charge in [-0.1, -0.05) is 12.5 Å². The Morgan fingerprint density at radius 2 is 2.15 bits per heavy atom. The minimum absolute atomic E-state index is 0.156. The molecule has 1 aliphatic heterocycles. The van der Waals surface area contributed by atoms with Gasteiger partial charge in [-0.05, 0) is 44.2 Å². The van der Waals surface area contributed by atoms with Gasteiger partial charge in [0.25, 0.3) is 5.69 Å². The number of nitrogens with zero attached hydrogens (tertiary/aromatic N) is 1. The average molecular weight is 275 g/mol. The third kappa shape index (κ3) is 2.77. The van der Waals surface area contributed by atoms with Gasteiger partial charge in [0.05, 0.1) is 4.92 Å². The molecule has 1 aromatic carbocycles. The van der Waals surface area contributed by atoms with Crippen LogP contribution >= 0.6 is 0 Å². The van der Waals surface area contributed by atoms with Gasteiger partial charge in [0.15, 0.2) is 0 Å². The first-order valence-electron chi connectivity index (χ1n) is 7.48. The fourth-order valence-corrected chi connectivity index (χ4v) is 3.65. The monoisotopic (exact) mass is 275 g/mol. The molecule has 5 nitrogen and oxygen atoms in total. The first-order chi connectivity index (χ1) is 9.74. The van der Waals surface area contributed by atoms with Crippen molar-refractivity contribution in [1.82, 2.24) is 5.32 Å². The Kier molecular flexibility index (Phi) is 3.87. The van der Waals surface area contributed by atoms with E-state index in [1.54, 1.807) is 12.1 Å². The lowest BCUT2D eigenvalue weighted by Gasteiger charge is -2.27. The molecule has 108 valence electrons. The lowest BCUT2D eigenvalue weighted by atomic mass is 9.93. The van der Waals surface area contributed by atoms with Crippen LogP contribution in [0.1, 0.15) is 32.1 Å². The zero-order chi connectivity index (χ0) is 13.9. The molecule has 3 rings (SSSR count). The molecule has 1 heterocycles. The van der Waals surface area contributed by atoms with Gasteiger partial charge >= 0.3 is 0 Å². The highest BCUT2D eigenvalue weighted by atomic mass is 16.6. The molecule has 0 amide bonds. The zero-order valence-electron chi connectivity index (χ0n) is 11.5. The van der Waals surface area contributed by atoms with Crippen LogP contribution in [0, 0.1) is 16.0 Å². The molecule has 3 atom stereocenters. The van der Waals surface area contributed by atoms with E-state index < -0.39 is 0 Å². The molecule has 2 N–H and O–H groups in total. The summed E-state index contributed by atoms with van der Waals surface area (Å²) in [4.78, 5) is 10.5. The maximum absolute atomic E-state index is 10.8. The SMILES string of the molecule is O=[N+]([O-])c1cccc(NC2CCCC2C2CCCN2)c1. The van der Waals surface area contributed by atoms with Crippen molar-refractivity contribution < 1.29 is 4.92 Å². The molecular formula is C15H21N3O2. The maximum Gasteiger partial charge on any atom is 0.271 e. The van der Waals surface area contributed by atoms with Crippen LogP contribution in [0.3, 0.4) is 0 Å². The molecule has 0 spiro atoms. The van der Waals surface area contributed by atoms with E-state index in [9.17, 15) is 10.1 Å². The van der Waals surface area contributed by atoms with E-state index in [0.717, 1.165) is 18.7 Å². The highest BCUT2D eigenvalue weighted by Gasteiger charge is 2.34. The van der Waals surface area contributed by atoms with E-state index >= 15 is 0 Å². The third-order valence-corrected chi connectivity index (χ3v) is 4.59. The quantitative estimate of drug-likeness (QED) is 0.655. The van der Waals surface area contributed by atoms with Crippen LogP contribution in [-0.4, -0.2) is 23.6 Å². The summed E-state index contributed by atoms with van der Waals surface area (Å²) in [7, 11) is 0. The largest absolute Gasteiger partial charge is 0.382 e. The van der Waals surface area contributed by atoms with E-state index in [2.05, 4.69) is 10.6 Å². The summed E-state index contributed by atoms with van der Waals surface area (Å²) >= 11 is 0. The van der Waals surface area contributed by atoms with Crippen LogP contribution in [0.4, 0.5) is 11.4 Å². The van der Waals surface area contributed by atoms with Crippen molar-refractivity contribution >= 4 is 11.4 Å². The Bertz CT molecular complexity index is 486. The van der Waals surface area contributed by atoms with Crippen molar-refractivity contribution in [3.8, 4) is 0 Å².